The highest BCUT2D eigenvalue weighted by molar-refractivity contribution is 5.95. The first-order valence-corrected chi connectivity index (χ1v) is 5.77. The molecule has 1 unspecified atom stereocenters. The predicted octanol–water partition coefficient (Wildman–Crippen LogP) is 1.50. The SMILES string of the molecule is COCC(NC(=O)c1ccc(O)c(O)c1)C(C)C. The summed E-state index contributed by atoms with van der Waals surface area (Å²) in [6.07, 6.45) is 0. The molecule has 0 heterocycles. The molecule has 0 spiro atoms. The van der Waals surface area contributed by atoms with Crippen LogP contribution in [0.1, 0.15) is 24.2 Å². The van der Waals surface area contributed by atoms with Gasteiger partial charge in [0.15, 0.2) is 11.5 Å². The van der Waals surface area contributed by atoms with Crippen molar-refractivity contribution in [2.24, 2.45) is 5.92 Å². The maximum atomic E-state index is 11.9. The summed E-state index contributed by atoms with van der Waals surface area (Å²) in [6, 6.07) is 3.87. The zero-order valence-electron chi connectivity index (χ0n) is 10.8. The van der Waals surface area contributed by atoms with E-state index in [4.69, 9.17) is 4.74 Å². The molecule has 0 aliphatic carbocycles. The Morgan fingerprint density at radius 1 is 1.33 bits per heavy atom. The number of carbonyl (C=O) groups excluding carboxylic acids is 1. The average molecular weight is 253 g/mol. The van der Waals surface area contributed by atoms with Crippen LogP contribution in [0.15, 0.2) is 18.2 Å². The van der Waals surface area contributed by atoms with Crippen molar-refractivity contribution in [3.63, 3.8) is 0 Å². The van der Waals surface area contributed by atoms with E-state index in [2.05, 4.69) is 5.32 Å². The molecule has 18 heavy (non-hydrogen) atoms. The third-order valence-electron chi connectivity index (χ3n) is 2.71. The van der Waals surface area contributed by atoms with Gasteiger partial charge in [0, 0.05) is 12.7 Å². The number of hydrogen-bond donors (Lipinski definition) is 3. The maximum absolute atomic E-state index is 11.9. The van der Waals surface area contributed by atoms with Gasteiger partial charge in [0.25, 0.3) is 5.91 Å². The van der Waals surface area contributed by atoms with Crippen molar-refractivity contribution in [1.29, 1.82) is 0 Å². The number of phenols is 2. The van der Waals surface area contributed by atoms with E-state index in [9.17, 15) is 15.0 Å². The van der Waals surface area contributed by atoms with Crippen molar-refractivity contribution in [3.05, 3.63) is 23.8 Å². The van der Waals surface area contributed by atoms with Crippen molar-refractivity contribution in [2.45, 2.75) is 19.9 Å². The minimum Gasteiger partial charge on any atom is -0.504 e. The normalized spacial score (nSPS) is 12.4. The third kappa shape index (κ3) is 3.63. The van der Waals surface area contributed by atoms with Crippen molar-refractivity contribution in [3.8, 4) is 11.5 Å². The molecule has 3 N–H and O–H groups in total. The number of aromatic hydroxyl groups is 2. The molecule has 0 aromatic heterocycles. The van der Waals surface area contributed by atoms with Gasteiger partial charge in [0.1, 0.15) is 0 Å². The van der Waals surface area contributed by atoms with Crippen LogP contribution in [-0.2, 0) is 4.74 Å². The van der Waals surface area contributed by atoms with Gasteiger partial charge in [-0.1, -0.05) is 13.8 Å². The average Bonchev–Trinajstić information content (AvgIpc) is 2.31. The van der Waals surface area contributed by atoms with Gasteiger partial charge >= 0.3 is 0 Å². The fourth-order valence-electron chi connectivity index (χ4n) is 1.50. The molecule has 5 nitrogen and oxygen atoms in total. The molecule has 0 aliphatic rings. The van der Waals surface area contributed by atoms with Gasteiger partial charge in [0.05, 0.1) is 12.6 Å². The zero-order valence-corrected chi connectivity index (χ0v) is 10.8. The van der Waals surface area contributed by atoms with Gasteiger partial charge in [-0.2, -0.15) is 0 Å². The summed E-state index contributed by atoms with van der Waals surface area (Å²) in [4.78, 5) is 11.9. The van der Waals surface area contributed by atoms with E-state index in [0.717, 1.165) is 0 Å². The molecule has 1 aromatic rings. The van der Waals surface area contributed by atoms with Gasteiger partial charge < -0.3 is 20.3 Å². The summed E-state index contributed by atoms with van der Waals surface area (Å²) >= 11 is 0. The van der Waals surface area contributed by atoms with Crippen LogP contribution in [0.5, 0.6) is 11.5 Å². The first-order chi connectivity index (χ1) is 8.45. The first kappa shape index (κ1) is 14.3. The van der Waals surface area contributed by atoms with E-state index in [-0.39, 0.29) is 29.4 Å². The minimum atomic E-state index is -0.310. The van der Waals surface area contributed by atoms with Gasteiger partial charge in [-0.3, -0.25) is 4.79 Å². The molecule has 1 rings (SSSR count). The van der Waals surface area contributed by atoms with Gasteiger partial charge in [0.2, 0.25) is 0 Å². The lowest BCUT2D eigenvalue weighted by Crippen LogP contribution is -2.41. The molecular weight excluding hydrogens is 234 g/mol. The fourth-order valence-corrected chi connectivity index (χ4v) is 1.50. The van der Waals surface area contributed by atoms with E-state index in [1.165, 1.54) is 18.2 Å². The van der Waals surface area contributed by atoms with Crippen LogP contribution in [0.3, 0.4) is 0 Å². The molecular formula is C13H19NO4. The minimum absolute atomic E-state index is 0.0987. The van der Waals surface area contributed by atoms with Crippen LogP contribution in [0, 0.1) is 5.92 Å². The quantitative estimate of drug-likeness (QED) is 0.695. The molecule has 0 fully saturated rings. The number of amides is 1. The molecule has 100 valence electrons. The highest BCUT2D eigenvalue weighted by Crippen LogP contribution is 2.24. The lowest BCUT2D eigenvalue weighted by atomic mass is 10.0. The van der Waals surface area contributed by atoms with E-state index in [1.54, 1.807) is 7.11 Å². The van der Waals surface area contributed by atoms with Crippen LogP contribution >= 0.6 is 0 Å². The number of methoxy groups -OCH3 is 1. The third-order valence-corrected chi connectivity index (χ3v) is 2.71. The van der Waals surface area contributed by atoms with Crippen LogP contribution in [0.4, 0.5) is 0 Å². The Labute approximate surface area is 106 Å². The molecule has 5 heteroatoms. The number of phenolic OH excluding ortho intramolecular Hbond substituents is 2. The molecule has 1 atom stereocenters. The summed E-state index contributed by atoms with van der Waals surface area (Å²) in [5.41, 5.74) is 0.298. The number of ether oxygens (including phenoxy) is 1. The summed E-state index contributed by atoms with van der Waals surface area (Å²) in [6.45, 7) is 4.39. The summed E-state index contributed by atoms with van der Waals surface area (Å²) in [5.74, 6) is -0.625. The summed E-state index contributed by atoms with van der Waals surface area (Å²) < 4.78 is 5.04. The van der Waals surface area contributed by atoms with Crippen LogP contribution in [0.2, 0.25) is 0 Å². The number of rotatable bonds is 5. The standard InChI is InChI=1S/C13H19NO4/c1-8(2)10(7-18-3)14-13(17)9-4-5-11(15)12(16)6-9/h4-6,8,10,15-16H,7H2,1-3H3,(H,14,17). The van der Waals surface area contributed by atoms with Gasteiger partial charge in [-0.25, -0.2) is 0 Å². The Morgan fingerprint density at radius 2 is 2.00 bits per heavy atom. The number of nitrogens with one attached hydrogen (secondary N) is 1. The Hall–Kier alpha value is -1.75. The Kier molecular flexibility index (Phi) is 4.97. The van der Waals surface area contributed by atoms with Crippen LogP contribution in [-0.4, -0.2) is 35.9 Å². The highest BCUT2D eigenvalue weighted by atomic mass is 16.5. The Balaban J connectivity index is 2.77. The lowest BCUT2D eigenvalue weighted by molar-refractivity contribution is 0.0866. The molecule has 0 saturated carbocycles. The second kappa shape index (κ2) is 6.26. The molecule has 0 saturated heterocycles. The molecule has 0 radical (unpaired) electrons. The highest BCUT2D eigenvalue weighted by Gasteiger charge is 2.17. The van der Waals surface area contributed by atoms with Crippen molar-refractivity contribution in [1.82, 2.24) is 5.32 Å². The van der Waals surface area contributed by atoms with Gasteiger partial charge in [-0.05, 0) is 24.1 Å². The van der Waals surface area contributed by atoms with E-state index in [0.29, 0.717) is 12.2 Å². The van der Waals surface area contributed by atoms with Crippen molar-refractivity contribution >= 4 is 5.91 Å². The fraction of sp³-hybridized carbons (Fsp3) is 0.462. The smallest absolute Gasteiger partial charge is 0.251 e. The zero-order chi connectivity index (χ0) is 13.7. The van der Waals surface area contributed by atoms with E-state index < -0.39 is 0 Å². The maximum Gasteiger partial charge on any atom is 0.251 e. The summed E-state index contributed by atoms with van der Waals surface area (Å²) in [5, 5.41) is 21.3. The van der Waals surface area contributed by atoms with Crippen LogP contribution in [0.25, 0.3) is 0 Å². The Morgan fingerprint density at radius 3 is 2.50 bits per heavy atom. The number of hydrogen-bond acceptors (Lipinski definition) is 4. The second-order valence-electron chi connectivity index (χ2n) is 4.48. The molecule has 0 aliphatic heterocycles. The second-order valence-corrected chi connectivity index (χ2v) is 4.48. The first-order valence-electron chi connectivity index (χ1n) is 5.77. The van der Waals surface area contributed by atoms with Crippen LogP contribution < -0.4 is 5.32 Å². The molecule has 1 amide bonds. The number of benzene rings is 1. The van der Waals surface area contributed by atoms with Gasteiger partial charge in [-0.15, -0.1) is 0 Å². The number of carbonyl (C=O) groups is 1. The van der Waals surface area contributed by atoms with E-state index in [1.807, 2.05) is 13.8 Å². The molecule has 1 aromatic carbocycles. The topological polar surface area (TPSA) is 78.8 Å². The Bertz CT molecular complexity index is 417. The largest absolute Gasteiger partial charge is 0.504 e. The van der Waals surface area contributed by atoms with E-state index >= 15 is 0 Å². The van der Waals surface area contributed by atoms with Crippen molar-refractivity contribution in [2.75, 3.05) is 13.7 Å². The summed E-state index contributed by atoms with van der Waals surface area (Å²) in [7, 11) is 1.58. The lowest BCUT2D eigenvalue weighted by Gasteiger charge is -2.21. The van der Waals surface area contributed by atoms with Crippen molar-refractivity contribution < 1.29 is 19.7 Å². The molecule has 0 bridgehead atoms. The predicted molar refractivity (Wildman–Crippen MR) is 67.7 cm³/mol. The monoisotopic (exact) mass is 253 g/mol.